The van der Waals surface area contributed by atoms with Gasteiger partial charge in [0.2, 0.25) is 0 Å². The molecule has 1 unspecified atom stereocenters. The van der Waals surface area contributed by atoms with Crippen molar-refractivity contribution in [1.29, 1.82) is 0 Å². The van der Waals surface area contributed by atoms with Crippen LogP contribution in [0, 0.1) is 0 Å². The molecule has 138 valence electrons. The predicted molar refractivity (Wildman–Crippen MR) is 87.1 cm³/mol. The molecule has 7 N–H and O–H groups in total. The van der Waals surface area contributed by atoms with E-state index in [0.717, 1.165) is 0 Å². The smallest absolute Gasteiger partial charge is 0.339 e. The number of benzene rings is 1. The molecular weight excluding hydrogens is 334 g/mol. The molecule has 10 heteroatoms. The number of primary amides is 1. The monoisotopic (exact) mass is 355 g/mol. The van der Waals surface area contributed by atoms with Crippen LogP contribution in [0.25, 0.3) is 0 Å². The summed E-state index contributed by atoms with van der Waals surface area (Å²) in [5.74, 6) is -2.61. The van der Waals surface area contributed by atoms with E-state index in [2.05, 4.69) is 10.1 Å². The predicted octanol–water partition coefficient (Wildman–Crippen LogP) is 0.157. The number of para-hydroxylation sites is 1. The zero-order valence-electron chi connectivity index (χ0n) is 13.6. The molecule has 0 aliphatic carbocycles. The summed E-state index contributed by atoms with van der Waals surface area (Å²) in [7, 11) is 0. The number of carboxylic acids is 2. The van der Waals surface area contributed by atoms with Crippen molar-refractivity contribution in [3.8, 4) is 5.75 Å². The lowest BCUT2D eigenvalue weighted by Gasteiger charge is -2.05. The molecule has 0 saturated heterocycles. The van der Waals surface area contributed by atoms with Gasteiger partial charge in [-0.2, -0.15) is 0 Å². The standard InChI is InChI=1S/C9H8O4.C6H13N3O3/c1-6(10)13-8-5-3-2-4-7(8)9(11)12;7-4(5(10)11)2-1-3-9-6(8)12/h2-5H,1H3,(H,11,12);4H,1-3,7H2,(H,10,11)(H3,8,9,12). The van der Waals surface area contributed by atoms with Crippen LogP contribution < -0.4 is 21.5 Å². The topological polar surface area (TPSA) is 182 Å². The average molecular weight is 355 g/mol. The Bertz CT molecular complexity index is 619. The summed E-state index contributed by atoms with van der Waals surface area (Å²) < 4.78 is 4.69. The van der Waals surface area contributed by atoms with E-state index >= 15 is 0 Å². The Balaban J connectivity index is 0.000000463. The van der Waals surface area contributed by atoms with Crippen molar-refractivity contribution in [2.45, 2.75) is 25.8 Å². The third-order valence-corrected chi connectivity index (χ3v) is 2.68. The lowest BCUT2D eigenvalue weighted by molar-refractivity contribution is -0.138. The van der Waals surface area contributed by atoms with Crippen LogP contribution in [-0.2, 0) is 9.59 Å². The summed E-state index contributed by atoms with van der Waals surface area (Å²) in [6.07, 6.45) is 0.839. The molecule has 0 aliphatic rings. The fraction of sp³-hybridized carbons (Fsp3) is 0.333. The van der Waals surface area contributed by atoms with Crippen LogP contribution >= 0.6 is 0 Å². The van der Waals surface area contributed by atoms with Crippen molar-refractivity contribution in [3.63, 3.8) is 0 Å². The van der Waals surface area contributed by atoms with E-state index < -0.39 is 30.0 Å². The van der Waals surface area contributed by atoms with E-state index in [0.29, 0.717) is 19.4 Å². The molecule has 0 spiro atoms. The number of urea groups is 1. The minimum Gasteiger partial charge on any atom is -0.480 e. The van der Waals surface area contributed by atoms with Gasteiger partial charge in [0.25, 0.3) is 0 Å². The van der Waals surface area contributed by atoms with Gasteiger partial charge in [-0.05, 0) is 25.0 Å². The van der Waals surface area contributed by atoms with Crippen LogP contribution in [0.15, 0.2) is 24.3 Å². The number of rotatable bonds is 7. The molecule has 0 radical (unpaired) electrons. The number of carbonyl (C=O) groups is 4. The van der Waals surface area contributed by atoms with Crippen molar-refractivity contribution < 1.29 is 34.1 Å². The second-order valence-corrected chi connectivity index (χ2v) is 4.77. The number of nitrogens with two attached hydrogens (primary N) is 2. The largest absolute Gasteiger partial charge is 0.480 e. The highest BCUT2D eigenvalue weighted by atomic mass is 16.5. The molecule has 1 atom stereocenters. The Morgan fingerprint density at radius 2 is 1.80 bits per heavy atom. The van der Waals surface area contributed by atoms with Crippen LogP contribution in [0.2, 0.25) is 0 Å². The van der Waals surface area contributed by atoms with Crippen molar-refractivity contribution in [3.05, 3.63) is 29.8 Å². The first-order valence-electron chi connectivity index (χ1n) is 7.17. The third-order valence-electron chi connectivity index (χ3n) is 2.68. The number of ether oxygens (including phenoxy) is 1. The Kier molecular flexibility index (Phi) is 9.97. The van der Waals surface area contributed by atoms with Crippen LogP contribution in [0.3, 0.4) is 0 Å². The van der Waals surface area contributed by atoms with Crippen molar-refractivity contribution >= 4 is 23.9 Å². The van der Waals surface area contributed by atoms with Gasteiger partial charge in [-0.25, -0.2) is 9.59 Å². The molecule has 10 nitrogen and oxygen atoms in total. The maximum Gasteiger partial charge on any atom is 0.339 e. The fourth-order valence-electron chi connectivity index (χ4n) is 1.54. The number of aliphatic carboxylic acids is 1. The maximum absolute atomic E-state index is 10.6. The lowest BCUT2D eigenvalue weighted by atomic mass is 10.2. The molecule has 0 heterocycles. The number of hydrogen-bond donors (Lipinski definition) is 5. The molecule has 0 fully saturated rings. The molecule has 2 amide bonds. The molecular formula is C15H21N3O7. The Hall–Kier alpha value is -3.14. The van der Waals surface area contributed by atoms with E-state index in [4.69, 9.17) is 21.7 Å². The van der Waals surface area contributed by atoms with Gasteiger partial charge < -0.3 is 31.7 Å². The lowest BCUT2D eigenvalue weighted by Crippen LogP contribution is -2.33. The minimum atomic E-state index is -1.11. The number of aromatic carboxylic acids is 1. The highest BCUT2D eigenvalue weighted by molar-refractivity contribution is 5.91. The normalized spacial score (nSPS) is 10.6. The SMILES string of the molecule is CC(=O)Oc1ccccc1C(=O)O.NC(=O)NCCCC(N)C(=O)O. The second kappa shape index (κ2) is 11.4. The van der Waals surface area contributed by atoms with Gasteiger partial charge in [0.1, 0.15) is 17.4 Å². The van der Waals surface area contributed by atoms with Gasteiger partial charge in [-0.3, -0.25) is 9.59 Å². The average Bonchev–Trinajstić information content (AvgIpc) is 2.51. The van der Waals surface area contributed by atoms with Crippen LogP contribution in [0.4, 0.5) is 4.79 Å². The van der Waals surface area contributed by atoms with Gasteiger partial charge >= 0.3 is 23.9 Å². The maximum atomic E-state index is 10.6. The Morgan fingerprint density at radius 3 is 2.28 bits per heavy atom. The van der Waals surface area contributed by atoms with Crippen LogP contribution in [-0.4, -0.2) is 46.7 Å². The first-order chi connectivity index (χ1) is 11.6. The zero-order valence-corrected chi connectivity index (χ0v) is 13.6. The summed E-state index contributed by atoms with van der Waals surface area (Å²) in [5.41, 5.74) is 9.95. The number of carboxylic acid groups (broad SMARTS) is 2. The van der Waals surface area contributed by atoms with Crippen molar-refractivity contribution in [2.24, 2.45) is 11.5 Å². The van der Waals surface area contributed by atoms with Crippen molar-refractivity contribution in [1.82, 2.24) is 5.32 Å². The van der Waals surface area contributed by atoms with E-state index in [1.54, 1.807) is 12.1 Å². The van der Waals surface area contributed by atoms with E-state index in [1.807, 2.05) is 0 Å². The van der Waals surface area contributed by atoms with Crippen LogP contribution in [0.5, 0.6) is 5.75 Å². The quantitative estimate of drug-likeness (QED) is 0.260. The summed E-state index contributed by atoms with van der Waals surface area (Å²) >= 11 is 0. The zero-order chi connectivity index (χ0) is 19.4. The first kappa shape index (κ1) is 21.9. The number of nitrogens with one attached hydrogen (secondary N) is 1. The third kappa shape index (κ3) is 10.3. The molecule has 1 aromatic carbocycles. The van der Waals surface area contributed by atoms with Gasteiger partial charge in [-0.1, -0.05) is 12.1 Å². The molecule has 1 rings (SSSR count). The van der Waals surface area contributed by atoms with Gasteiger partial charge in [0.05, 0.1) is 0 Å². The molecule has 25 heavy (non-hydrogen) atoms. The first-order valence-corrected chi connectivity index (χ1v) is 7.17. The number of amides is 2. The minimum absolute atomic E-state index is 0.0160. The Labute approximate surface area is 143 Å². The summed E-state index contributed by atoms with van der Waals surface area (Å²) in [6.45, 7) is 1.58. The second-order valence-electron chi connectivity index (χ2n) is 4.77. The van der Waals surface area contributed by atoms with Crippen LogP contribution in [0.1, 0.15) is 30.1 Å². The molecule has 0 aliphatic heterocycles. The number of esters is 1. The van der Waals surface area contributed by atoms with E-state index in [-0.39, 0.29) is 11.3 Å². The highest BCUT2D eigenvalue weighted by Gasteiger charge is 2.11. The van der Waals surface area contributed by atoms with Gasteiger partial charge in [0.15, 0.2) is 0 Å². The van der Waals surface area contributed by atoms with Gasteiger partial charge in [-0.15, -0.1) is 0 Å². The molecule has 0 bridgehead atoms. The number of carbonyl (C=O) groups excluding carboxylic acids is 2. The summed E-state index contributed by atoms with van der Waals surface area (Å²) in [5, 5.41) is 19.4. The molecule has 0 saturated carbocycles. The molecule has 0 aromatic heterocycles. The summed E-state index contributed by atoms with van der Waals surface area (Å²) in [4.78, 5) is 41.5. The van der Waals surface area contributed by atoms with Gasteiger partial charge in [0, 0.05) is 13.5 Å². The Morgan fingerprint density at radius 1 is 1.20 bits per heavy atom. The van der Waals surface area contributed by atoms with E-state index in [9.17, 15) is 19.2 Å². The summed E-state index contributed by atoms with van der Waals surface area (Å²) in [6, 6.07) is 4.51. The highest BCUT2D eigenvalue weighted by Crippen LogP contribution is 2.17. The number of hydrogen-bond acceptors (Lipinski definition) is 6. The fourth-order valence-corrected chi connectivity index (χ4v) is 1.54. The molecule has 1 aromatic rings. The van der Waals surface area contributed by atoms with Crippen molar-refractivity contribution in [2.75, 3.05) is 6.54 Å². The van der Waals surface area contributed by atoms with E-state index in [1.165, 1.54) is 19.1 Å².